The zero-order valence-corrected chi connectivity index (χ0v) is 16.7. The first-order valence-corrected chi connectivity index (χ1v) is 10.8. The first-order valence-electron chi connectivity index (χ1n) is 8.52. The number of carbonyl (C=O) groups is 1. The lowest BCUT2D eigenvalue weighted by atomic mass is 9.87. The summed E-state index contributed by atoms with van der Waals surface area (Å²) in [7, 11) is -3.72. The molecule has 1 atom stereocenters. The van der Waals surface area contributed by atoms with Crippen LogP contribution in [0, 0.1) is 0 Å². The second kappa shape index (κ2) is 7.09. The van der Waals surface area contributed by atoms with Gasteiger partial charge in [-0.2, -0.15) is 4.31 Å². The van der Waals surface area contributed by atoms with Crippen LogP contribution in [-0.4, -0.2) is 36.2 Å². The standard InChI is InChI=1S/C18H23N3O3S2/c1-18(2,3)13-6-8-14(9-7-13)26(23,24)21-11-4-5-15(21)16(22)20-17-19-10-12-25-17/h6-10,12,15H,4-5,11H2,1-3H3,(H,19,20,22)/t15-/m1/s1. The Morgan fingerprint density at radius 1 is 1.27 bits per heavy atom. The second-order valence-corrected chi connectivity index (χ2v) is 10.2. The molecule has 0 aliphatic carbocycles. The Labute approximate surface area is 158 Å². The van der Waals surface area contributed by atoms with Gasteiger partial charge in [-0.3, -0.25) is 4.79 Å². The van der Waals surface area contributed by atoms with Crippen LogP contribution in [0.5, 0.6) is 0 Å². The van der Waals surface area contributed by atoms with Gasteiger partial charge in [0.25, 0.3) is 0 Å². The lowest BCUT2D eigenvalue weighted by Crippen LogP contribution is -2.43. The number of thiazole rings is 1. The highest BCUT2D eigenvalue weighted by Crippen LogP contribution is 2.29. The van der Waals surface area contributed by atoms with Crippen LogP contribution < -0.4 is 5.32 Å². The van der Waals surface area contributed by atoms with E-state index in [2.05, 4.69) is 31.1 Å². The predicted molar refractivity (Wildman–Crippen MR) is 103 cm³/mol. The highest BCUT2D eigenvalue weighted by molar-refractivity contribution is 7.89. The van der Waals surface area contributed by atoms with E-state index < -0.39 is 16.1 Å². The summed E-state index contributed by atoms with van der Waals surface area (Å²) in [4.78, 5) is 16.8. The maximum Gasteiger partial charge on any atom is 0.244 e. The minimum absolute atomic E-state index is 0.0495. The number of benzene rings is 1. The van der Waals surface area contributed by atoms with Crippen molar-refractivity contribution < 1.29 is 13.2 Å². The number of anilines is 1. The van der Waals surface area contributed by atoms with Gasteiger partial charge in [-0.25, -0.2) is 13.4 Å². The van der Waals surface area contributed by atoms with Crippen molar-refractivity contribution in [2.24, 2.45) is 0 Å². The Morgan fingerprint density at radius 2 is 1.96 bits per heavy atom. The molecule has 0 bridgehead atoms. The maximum atomic E-state index is 13.0. The molecule has 1 aromatic heterocycles. The molecule has 0 spiro atoms. The topological polar surface area (TPSA) is 79.4 Å². The summed E-state index contributed by atoms with van der Waals surface area (Å²) >= 11 is 1.31. The molecule has 26 heavy (non-hydrogen) atoms. The van der Waals surface area contributed by atoms with E-state index in [0.29, 0.717) is 24.5 Å². The number of carbonyl (C=O) groups excluding carboxylic acids is 1. The Bertz CT molecular complexity index is 869. The summed E-state index contributed by atoms with van der Waals surface area (Å²) in [6.07, 6.45) is 2.77. The predicted octanol–water partition coefficient (Wildman–Crippen LogP) is 3.23. The molecule has 0 unspecified atom stereocenters. The largest absolute Gasteiger partial charge is 0.301 e. The van der Waals surface area contributed by atoms with Crippen LogP contribution in [-0.2, 0) is 20.2 Å². The molecule has 1 aliphatic heterocycles. The van der Waals surface area contributed by atoms with Crippen LogP contribution in [0.25, 0.3) is 0 Å². The lowest BCUT2D eigenvalue weighted by Gasteiger charge is -2.24. The molecule has 140 valence electrons. The van der Waals surface area contributed by atoms with Gasteiger partial charge in [-0.05, 0) is 36.0 Å². The smallest absolute Gasteiger partial charge is 0.244 e. The number of sulfonamides is 1. The van der Waals surface area contributed by atoms with E-state index in [-0.39, 0.29) is 16.2 Å². The van der Waals surface area contributed by atoms with Gasteiger partial charge in [0, 0.05) is 18.1 Å². The van der Waals surface area contributed by atoms with Crippen molar-refractivity contribution in [2.75, 3.05) is 11.9 Å². The van der Waals surface area contributed by atoms with Crippen LogP contribution in [0.1, 0.15) is 39.2 Å². The van der Waals surface area contributed by atoms with Crippen molar-refractivity contribution in [1.82, 2.24) is 9.29 Å². The molecular weight excluding hydrogens is 370 g/mol. The van der Waals surface area contributed by atoms with E-state index in [0.717, 1.165) is 5.56 Å². The average molecular weight is 394 g/mol. The van der Waals surface area contributed by atoms with Gasteiger partial charge in [0.2, 0.25) is 15.9 Å². The number of rotatable bonds is 4. The average Bonchev–Trinajstić information content (AvgIpc) is 3.25. The van der Waals surface area contributed by atoms with Crippen LogP contribution >= 0.6 is 11.3 Å². The van der Waals surface area contributed by atoms with E-state index >= 15 is 0 Å². The Balaban J connectivity index is 1.82. The quantitative estimate of drug-likeness (QED) is 0.865. The molecule has 3 rings (SSSR count). The molecule has 1 aromatic carbocycles. The van der Waals surface area contributed by atoms with E-state index in [1.807, 2.05) is 12.1 Å². The van der Waals surface area contributed by atoms with Gasteiger partial charge in [0.1, 0.15) is 6.04 Å². The zero-order valence-electron chi connectivity index (χ0n) is 15.1. The Hall–Kier alpha value is -1.77. The van der Waals surface area contributed by atoms with Crippen LogP contribution in [0.2, 0.25) is 0 Å². The maximum absolute atomic E-state index is 13.0. The summed E-state index contributed by atoms with van der Waals surface area (Å²) in [5.74, 6) is -0.327. The number of hydrogen-bond donors (Lipinski definition) is 1. The molecule has 1 aliphatic rings. The number of amides is 1. The molecule has 1 fully saturated rings. The fourth-order valence-electron chi connectivity index (χ4n) is 3.03. The molecule has 1 N–H and O–H groups in total. The number of aromatic nitrogens is 1. The minimum atomic E-state index is -3.72. The van der Waals surface area contributed by atoms with Crippen LogP contribution in [0.15, 0.2) is 40.7 Å². The molecule has 1 amide bonds. The van der Waals surface area contributed by atoms with Crippen molar-refractivity contribution in [3.8, 4) is 0 Å². The summed E-state index contributed by atoms with van der Waals surface area (Å²) in [5, 5.41) is 4.95. The van der Waals surface area contributed by atoms with Gasteiger partial charge in [0.05, 0.1) is 4.90 Å². The van der Waals surface area contributed by atoms with Crippen molar-refractivity contribution in [2.45, 2.75) is 50.0 Å². The highest BCUT2D eigenvalue weighted by Gasteiger charge is 2.39. The third-order valence-corrected chi connectivity index (χ3v) is 7.11. The van der Waals surface area contributed by atoms with E-state index in [1.165, 1.54) is 15.6 Å². The highest BCUT2D eigenvalue weighted by atomic mass is 32.2. The summed E-state index contributed by atoms with van der Waals surface area (Å²) in [5.41, 5.74) is 1.02. The van der Waals surface area contributed by atoms with Crippen LogP contribution in [0.3, 0.4) is 0 Å². The summed E-state index contributed by atoms with van der Waals surface area (Å²) < 4.78 is 27.4. The first kappa shape index (κ1) is 19.0. The Kier molecular flexibility index (Phi) is 5.18. The third kappa shape index (κ3) is 3.82. The summed E-state index contributed by atoms with van der Waals surface area (Å²) in [6.45, 7) is 6.58. The number of hydrogen-bond acceptors (Lipinski definition) is 5. The number of nitrogens with one attached hydrogen (secondary N) is 1. The van der Waals surface area contributed by atoms with Gasteiger partial charge in [-0.1, -0.05) is 32.9 Å². The van der Waals surface area contributed by atoms with Crippen molar-refractivity contribution in [3.63, 3.8) is 0 Å². The van der Waals surface area contributed by atoms with E-state index in [1.54, 1.807) is 23.7 Å². The van der Waals surface area contributed by atoms with Gasteiger partial charge < -0.3 is 5.32 Å². The van der Waals surface area contributed by atoms with Crippen molar-refractivity contribution in [1.29, 1.82) is 0 Å². The molecule has 2 heterocycles. The SMILES string of the molecule is CC(C)(C)c1ccc(S(=O)(=O)N2CCC[C@@H]2C(=O)Nc2nccs2)cc1. The fourth-order valence-corrected chi connectivity index (χ4v) is 5.21. The molecular formula is C18H23N3O3S2. The first-order chi connectivity index (χ1) is 12.2. The van der Waals surface area contributed by atoms with E-state index in [4.69, 9.17) is 0 Å². The van der Waals surface area contributed by atoms with Gasteiger partial charge in [0.15, 0.2) is 5.13 Å². The third-order valence-electron chi connectivity index (χ3n) is 4.50. The zero-order chi connectivity index (χ0) is 18.9. The molecule has 2 aromatic rings. The van der Waals surface area contributed by atoms with Crippen molar-refractivity contribution in [3.05, 3.63) is 41.4 Å². The molecule has 6 nitrogen and oxygen atoms in total. The molecule has 8 heteroatoms. The second-order valence-electron chi connectivity index (χ2n) is 7.37. The van der Waals surface area contributed by atoms with Crippen LogP contribution in [0.4, 0.5) is 5.13 Å². The normalized spacial score (nSPS) is 18.8. The minimum Gasteiger partial charge on any atom is -0.301 e. The fraction of sp³-hybridized carbons (Fsp3) is 0.444. The molecule has 1 saturated heterocycles. The molecule has 0 saturated carbocycles. The lowest BCUT2D eigenvalue weighted by molar-refractivity contribution is -0.119. The summed E-state index contributed by atoms with van der Waals surface area (Å²) in [6, 6.07) is 6.24. The molecule has 0 radical (unpaired) electrons. The van der Waals surface area contributed by atoms with Gasteiger partial charge >= 0.3 is 0 Å². The van der Waals surface area contributed by atoms with E-state index in [9.17, 15) is 13.2 Å². The monoisotopic (exact) mass is 393 g/mol. The van der Waals surface area contributed by atoms with Gasteiger partial charge in [-0.15, -0.1) is 11.3 Å². The Morgan fingerprint density at radius 3 is 2.54 bits per heavy atom. The number of nitrogens with zero attached hydrogens (tertiary/aromatic N) is 2. The van der Waals surface area contributed by atoms with Crippen molar-refractivity contribution >= 4 is 32.4 Å².